The van der Waals surface area contributed by atoms with E-state index in [2.05, 4.69) is 9.97 Å². The van der Waals surface area contributed by atoms with Crippen molar-refractivity contribution in [2.45, 2.75) is 17.9 Å². The van der Waals surface area contributed by atoms with Crippen LogP contribution in [0.1, 0.15) is 6.92 Å². The quantitative estimate of drug-likeness (QED) is 0.890. The maximum Gasteiger partial charge on any atom is 0.245 e. The molecular weight excluding hydrogens is 266 g/mol. The molecule has 1 saturated heterocycles. The zero-order valence-corrected chi connectivity index (χ0v) is 11.4. The van der Waals surface area contributed by atoms with Gasteiger partial charge in [0.1, 0.15) is 10.5 Å². The smallest absolute Gasteiger partial charge is 0.245 e. The molecule has 3 rings (SSSR count). The maximum atomic E-state index is 12.7. The highest BCUT2D eigenvalue weighted by Crippen LogP contribution is 2.26. The van der Waals surface area contributed by atoms with Gasteiger partial charge in [-0.05, 0) is 19.1 Å². The lowest BCUT2D eigenvalue weighted by atomic mass is 10.3. The monoisotopic (exact) mass is 281 g/mol. The van der Waals surface area contributed by atoms with Gasteiger partial charge in [-0.15, -0.1) is 0 Å². The summed E-state index contributed by atoms with van der Waals surface area (Å²) in [6.07, 6.45) is 3.14. The largest absolute Gasteiger partial charge is 0.378 e. The average molecular weight is 281 g/mol. The van der Waals surface area contributed by atoms with Crippen LogP contribution in [0.15, 0.2) is 29.4 Å². The third kappa shape index (κ3) is 2.03. The number of rotatable bonds is 2. The van der Waals surface area contributed by atoms with E-state index in [0.29, 0.717) is 30.8 Å². The van der Waals surface area contributed by atoms with Crippen LogP contribution in [0.5, 0.6) is 0 Å². The molecule has 7 heteroatoms. The van der Waals surface area contributed by atoms with Gasteiger partial charge in [0.25, 0.3) is 0 Å². The number of sulfonamides is 1. The molecule has 1 aliphatic heterocycles. The highest BCUT2D eigenvalue weighted by molar-refractivity contribution is 7.89. The molecule has 1 atom stereocenters. The Balaban J connectivity index is 2.09. The van der Waals surface area contributed by atoms with Crippen molar-refractivity contribution in [1.29, 1.82) is 0 Å². The van der Waals surface area contributed by atoms with Crippen molar-refractivity contribution in [3.8, 4) is 0 Å². The summed E-state index contributed by atoms with van der Waals surface area (Å²) in [5.41, 5.74) is 0.585. The van der Waals surface area contributed by atoms with Crippen molar-refractivity contribution >= 4 is 21.1 Å². The van der Waals surface area contributed by atoms with Crippen LogP contribution in [0.25, 0.3) is 11.0 Å². The Morgan fingerprint density at radius 2 is 2.37 bits per heavy atom. The maximum absolute atomic E-state index is 12.7. The number of ether oxygens (including phenoxy) is 1. The fraction of sp³-hybridized carbons (Fsp3) is 0.417. The molecule has 1 aliphatic rings. The zero-order valence-electron chi connectivity index (χ0n) is 10.5. The number of aromatic nitrogens is 2. The summed E-state index contributed by atoms with van der Waals surface area (Å²) >= 11 is 0. The van der Waals surface area contributed by atoms with Crippen LogP contribution in [0.2, 0.25) is 0 Å². The molecule has 0 spiro atoms. The van der Waals surface area contributed by atoms with Gasteiger partial charge in [0.2, 0.25) is 10.0 Å². The Kier molecular flexibility index (Phi) is 3.04. The van der Waals surface area contributed by atoms with Crippen LogP contribution in [0.4, 0.5) is 0 Å². The number of pyridine rings is 1. The van der Waals surface area contributed by atoms with Crippen molar-refractivity contribution in [2.24, 2.45) is 0 Å². The van der Waals surface area contributed by atoms with E-state index in [1.54, 1.807) is 18.3 Å². The standard InChI is InChI=1S/C12H15N3O3S/c1-9-8-18-6-5-15(9)19(16,17)11-7-14-12-10(11)3-2-4-13-12/h2-4,7,9H,5-6,8H2,1H3,(H,13,14)/t9-/m0/s1. The van der Waals surface area contributed by atoms with Gasteiger partial charge in [-0.3, -0.25) is 0 Å². The van der Waals surface area contributed by atoms with Crippen molar-refractivity contribution in [3.05, 3.63) is 24.5 Å². The number of fused-ring (bicyclic) bond motifs is 1. The Morgan fingerprint density at radius 1 is 1.53 bits per heavy atom. The van der Waals surface area contributed by atoms with Gasteiger partial charge in [0.05, 0.1) is 13.2 Å². The normalized spacial score (nSPS) is 21.8. The SMILES string of the molecule is C[C@H]1COCCN1S(=O)(=O)c1c[nH]c2ncccc12. The molecule has 0 bridgehead atoms. The predicted molar refractivity (Wildman–Crippen MR) is 70.3 cm³/mol. The highest BCUT2D eigenvalue weighted by atomic mass is 32.2. The first-order valence-corrected chi connectivity index (χ1v) is 7.56. The molecule has 0 aliphatic carbocycles. The van der Waals surface area contributed by atoms with E-state index < -0.39 is 10.0 Å². The second-order valence-corrected chi connectivity index (χ2v) is 6.45. The van der Waals surface area contributed by atoms with Gasteiger partial charge in [0, 0.05) is 30.4 Å². The number of hydrogen-bond donors (Lipinski definition) is 1. The fourth-order valence-corrected chi connectivity index (χ4v) is 4.09. The Morgan fingerprint density at radius 3 is 3.16 bits per heavy atom. The molecule has 0 amide bonds. The van der Waals surface area contributed by atoms with Crippen LogP contribution in [0, 0.1) is 0 Å². The number of morpholine rings is 1. The lowest BCUT2D eigenvalue weighted by Gasteiger charge is -2.31. The van der Waals surface area contributed by atoms with E-state index in [9.17, 15) is 8.42 Å². The zero-order chi connectivity index (χ0) is 13.5. The second-order valence-electron chi connectivity index (χ2n) is 4.59. The number of nitrogens with one attached hydrogen (secondary N) is 1. The minimum absolute atomic E-state index is 0.152. The Labute approximate surface area is 111 Å². The first-order chi connectivity index (χ1) is 9.10. The van der Waals surface area contributed by atoms with Gasteiger partial charge in [0.15, 0.2) is 0 Å². The first kappa shape index (κ1) is 12.6. The number of H-pyrrole nitrogens is 1. The summed E-state index contributed by atoms with van der Waals surface area (Å²) in [4.78, 5) is 7.30. The lowest BCUT2D eigenvalue weighted by Crippen LogP contribution is -2.46. The van der Waals surface area contributed by atoms with Crippen LogP contribution in [-0.2, 0) is 14.8 Å². The summed E-state index contributed by atoms with van der Waals surface area (Å²) < 4.78 is 32.2. The highest BCUT2D eigenvalue weighted by Gasteiger charge is 2.33. The predicted octanol–water partition coefficient (Wildman–Crippen LogP) is 0.972. The molecule has 2 aromatic rings. The molecule has 3 heterocycles. The van der Waals surface area contributed by atoms with E-state index >= 15 is 0 Å². The van der Waals surface area contributed by atoms with Gasteiger partial charge < -0.3 is 9.72 Å². The first-order valence-electron chi connectivity index (χ1n) is 6.12. The van der Waals surface area contributed by atoms with Crippen LogP contribution >= 0.6 is 0 Å². The van der Waals surface area contributed by atoms with Crippen LogP contribution in [-0.4, -0.2) is 48.5 Å². The van der Waals surface area contributed by atoms with Gasteiger partial charge in [-0.2, -0.15) is 4.31 Å². The molecule has 102 valence electrons. The minimum atomic E-state index is -3.51. The van der Waals surface area contributed by atoms with Gasteiger partial charge in [-0.25, -0.2) is 13.4 Å². The molecule has 0 saturated carbocycles. The Hall–Kier alpha value is -1.44. The summed E-state index contributed by atoms with van der Waals surface area (Å²) in [7, 11) is -3.51. The number of aromatic amines is 1. The average Bonchev–Trinajstić information content (AvgIpc) is 2.83. The van der Waals surface area contributed by atoms with Crippen LogP contribution in [0.3, 0.4) is 0 Å². The Bertz CT molecular complexity index is 695. The molecule has 6 nitrogen and oxygen atoms in total. The number of hydrogen-bond acceptors (Lipinski definition) is 4. The van der Waals surface area contributed by atoms with Gasteiger partial charge >= 0.3 is 0 Å². The molecule has 1 N–H and O–H groups in total. The summed E-state index contributed by atoms with van der Waals surface area (Å²) in [6.45, 7) is 3.10. The molecule has 2 aromatic heterocycles. The van der Waals surface area contributed by atoms with E-state index in [4.69, 9.17) is 4.74 Å². The van der Waals surface area contributed by atoms with Crippen LogP contribution < -0.4 is 0 Å². The third-order valence-electron chi connectivity index (χ3n) is 3.31. The van der Waals surface area contributed by atoms with Crippen molar-refractivity contribution in [1.82, 2.24) is 14.3 Å². The molecule has 0 unspecified atom stereocenters. The van der Waals surface area contributed by atoms with Gasteiger partial charge in [-0.1, -0.05) is 0 Å². The van der Waals surface area contributed by atoms with E-state index in [-0.39, 0.29) is 10.9 Å². The molecule has 1 fully saturated rings. The molecule has 0 radical (unpaired) electrons. The topological polar surface area (TPSA) is 75.3 Å². The third-order valence-corrected chi connectivity index (χ3v) is 5.36. The summed E-state index contributed by atoms with van der Waals surface area (Å²) in [5.74, 6) is 0. The van der Waals surface area contributed by atoms with Crippen molar-refractivity contribution < 1.29 is 13.2 Å². The molecule has 19 heavy (non-hydrogen) atoms. The fourth-order valence-electron chi connectivity index (χ4n) is 2.34. The van der Waals surface area contributed by atoms with E-state index in [1.165, 1.54) is 10.5 Å². The molecule has 0 aromatic carbocycles. The summed E-state index contributed by atoms with van der Waals surface area (Å²) in [6, 6.07) is 3.34. The minimum Gasteiger partial charge on any atom is -0.378 e. The number of nitrogens with zero attached hydrogens (tertiary/aromatic N) is 2. The lowest BCUT2D eigenvalue weighted by molar-refractivity contribution is 0.0393. The summed E-state index contributed by atoms with van der Waals surface area (Å²) in [5, 5.41) is 0.626. The van der Waals surface area contributed by atoms with E-state index in [1.807, 2.05) is 6.92 Å². The molecular formula is C12H15N3O3S. The second kappa shape index (κ2) is 4.59. The van der Waals surface area contributed by atoms with Crippen molar-refractivity contribution in [2.75, 3.05) is 19.8 Å². The van der Waals surface area contributed by atoms with Crippen molar-refractivity contribution in [3.63, 3.8) is 0 Å². The van der Waals surface area contributed by atoms with E-state index in [0.717, 1.165) is 0 Å².